The van der Waals surface area contributed by atoms with Crippen molar-refractivity contribution in [3.63, 3.8) is 0 Å². The average Bonchev–Trinajstić information content (AvgIpc) is 2.37. The minimum Gasteiger partial charge on any atom is -0.366 e. The lowest BCUT2D eigenvalue weighted by Crippen LogP contribution is -2.22. The van der Waals surface area contributed by atoms with E-state index >= 15 is 0 Å². The standard InChI is InChI=1S/C12H9ClFN3O2/c13-10-12(19)17(4-3-16-10)6-8-5-7(11(15)18)1-2-9(8)14/h1-5H,6H2,(H2,15,18). The first-order chi connectivity index (χ1) is 8.99. The molecule has 0 radical (unpaired) electrons. The van der Waals surface area contributed by atoms with Crippen molar-refractivity contribution in [3.05, 3.63) is 63.0 Å². The second-order valence-corrected chi connectivity index (χ2v) is 4.18. The van der Waals surface area contributed by atoms with Crippen molar-refractivity contribution in [2.24, 2.45) is 5.73 Å². The maximum Gasteiger partial charge on any atom is 0.288 e. The average molecular weight is 282 g/mol. The van der Waals surface area contributed by atoms with Crippen molar-refractivity contribution < 1.29 is 9.18 Å². The first kappa shape index (κ1) is 13.2. The predicted octanol–water partition coefficient (Wildman–Crippen LogP) is 1.18. The third-order valence-corrected chi connectivity index (χ3v) is 2.80. The van der Waals surface area contributed by atoms with Crippen molar-refractivity contribution in [1.29, 1.82) is 0 Å². The lowest BCUT2D eigenvalue weighted by atomic mass is 10.1. The molecule has 2 N–H and O–H groups in total. The van der Waals surface area contributed by atoms with Crippen LogP contribution in [-0.4, -0.2) is 15.5 Å². The SMILES string of the molecule is NC(=O)c1ccc(F)c(Cn2ccnc(Cl)c2=O)c1. The van der Waals surface area contributed by atoms with Crippen molar-refractivity contribution in [3.8, 4) is 0 Å². The van der Waals surface area contributed by atoms with E-state index in [0.29, 0.717) is 0 Å². The number of carbonyl (C=O) groups excluding carboxylic acids is 1. The molecule has 2 aromatic rings. The Hall–Kier alpha value is -2.21. The monoisotopic (exact) mass is 281 g/mol. The van der Waals surface area contributed by atoms with Gasteiger partial charge < -0.3 is 10.3 Å². The van der Waals surface area contributed by atoms with Crippen LogP contribution in [0.1, 0.15) is 15.9 Å². The number of carbonyl (C=O) groups is 1. The Labute approximate surface area is 112 Å². The highest BCUT2D eigenvalue weighted by Crippen LogP contribution is 2.11. The van der Waals surface area contributed by atoms with Gasteiger partial charge in [0.25, 0.3) is 5.56 Å². The van der Waals surface area contributed by atoms with Crippen LogP contribution in [0.15, 0.2) is 35.4 Å². The molecule has 1 heterocycles. The van der Waals surface area contributed by atoms with Gasteiger partial charge >= 0.3 is 0 Å². The molecule has 0 aliphatic carbocycles. The van der Waals surface area contributed by atoms with Gasteiger partial charge in [-0.05, 0) is 18.2 Å². The summed E-state index contributed by atoms with van der Waals surface area (Å²) in [6.45, 7) is -0.0615. The molecule has 1 aromatic carbocycles. The Balaban J connectivity index is 2.43. The highest BCUT2D eigenvalue weighted by molar-refractivity contribution is 6.29. The molecule has 2 rings (SSSR count). The Morgan fingerprint density at radius 3 is 2.89 bits per heavy atom. The molecule has 0 aliphatic rings. The highest BCUT2D eigenvalue weighted by Gasteiger charge is 2.09. The maximum atomic E-state index is 13.6. The number of aromatic nitrogens is 2. The van der Waals surface area contributed by atoms with Gasteiger partial charge in [0.05, 0.1) is 6.54 Å². The molecule has 5 nitrogen and oxygen atoms in total. The molecule has 0 spiro atoms. The van der Waals surface area contributed by atoms with E-state index in [2.05, 4.69) is 4.98 Å². The van der Waals surface area contributed by atoms with Crippen LogP contribution in [0.2, 0.25) is 5.15 Å². The quantitative estimate of drug-likeness (QED) is 0.918. The topological polar surface area (TPSA) is 78.0 Å². The van der Waals surface area contributed by atoms with Crippen LogP contribution in [0.25, 0.3) is 0 Å². The van der Waals surface area contributed by atoms with E-state index in [9.17, 15) is 14.0 Å². The van der Waals surface area contributed by atoms with Crippen LogP contribution >= 0.6 is 11.6 Å². The summed E-state index contributed by atoms with van der Waals surface area (Å²) in [4.78, 5) is 26.3. The second kappa shape index (κ2) is 5.19. The minimum atomic E-state index is -0.665. The third-order valence-electron chi connectivity index (χ3n) is 2.54. The molecule has 19 heavy (non-hydrogen) atoms. The van der Waals surface area contributed by atoms with E-state index in [1.165, 1.54) is 29.1 Å². The van der Waals surface area contributed by atoms with Gasteiger partial charge in [-0.2, -0.15) is 0 Å². The van der Waals surface area contributed by atoms with Gasteiger partial charge in [-0.15, -0.1) is 0 Å². The van der Waals surface area contributed by atoms with Crippen molar-refractivity contribution in [2.75, 3.05) is 0 Å². The molecule has 0 saturated carbocycles. The Morgan fingerprint density at radius 1 is 1.47 bits per heavy atom. The van der Waals surface area contributed by atoms with Crippen LogP contribution in [-0.2, 0) is 6.54 Å². The number of nitrogens with two attached hydrogens (primary N) is 1. The molecule has 1 aromatic heterocycles. The number of hydrogen-bond acceptors (Lipinski definition) is 3. The fourth-order valence-corrected chi connectivity index (χ4v) is 1.74. The van der Waals surface area contributed by atoms with E-state index < -0.39 is 17.3 Å². The van der Waals surface area contributed by atoms with Crippen LogP contribution in [0.3, 0.4) is 0 Å². The molecule has 1 amide bonds. The molecule has 0 unspecified atom stereocenters. The van der Waals surface area contributed by atoms with Gasteiger partial charge in [-0.25, -0.2) is 9.37 Å². The smallest absolute Gasteiger partial charge is 0.288 e. The fraction of sp³-hybridized carbons (Fsp3) is 0.0833. The number of benzene rings is 1. The number of hydrogen-bond donors (Lipinski definition) is 1. The lowest BCUT2D eigenvalue weighted by Gasteiger charge is -2.08. The van der Waals surface area contributed by atoms with Crippen LogP contribution in [0.4, 0.5) is 4.39 Å². The summed E-state index contributed by atoms with van der Waals surface area (Å²) in [5, 5.41) is -0.200. The number of halogens is 2. The number of rotatable bonds is 3. The van der Waals surface area contributed by atoms with E-state index in [-0.39, 0.29) is 22.8 Å². The van der Waals surface area contributed by atoms with Gasteiger partial charge in [-0.3, -0.25) is 9.59 Å². The lowest BCUT2D eigenvalue weighted by molar-refractivity contribution is 0.1000. The van der Waals surface area contributed by atoms with Crippen molar-refractivity contribution in [1.82, 2.24) is 9.55 Å². The Morgan fingerprint density at radius 2 is 2.21 bits per heavy atom. The Bertz CT molecular complexity index is 700. The normalized spacial score (nSPS) is 10.4. The summed E-state index contributed by atoms with van der Waals surface area (Å²) in [6.07, 6.45) is 2.71. The minimum absolute atomic E-state index is 0.0615. The predicted molar refractivity (Wildman–Crippen MR) is 67.5 cm³/mol. The zero-order valence-corrected chi connectivity index (χ0v) is 10.4. The second-order valence-electron chi connectivity index (χ2n) is 3.82. The molecule has 0 fully saturated rings. The Kier molecular flexibility index (Phi) is 3.62. The summed E-state index contributed by atoms with van der Waals surface area (Å²) in [5.41, 5.74) is 4.92. The summed E-state index contributed by atoms with van der Waals surface area (Å²) in [5.74, 6) is -1.20. The summed E-state index contributed by atoms with van der Waals surface area (Å²) < 4.78 is 14.8. The summed E-state index contributed by atoms with van der Waals surface area (Å²) in [7, 11) is 0. The maximum absolute atomic E-state index is 13.6. The van der Waals surface area contributed by atoms with Crippen LogP contribution in [0, 0.1) is 5.82 Å². The van der Waals surface area contributed by atoms with Crippen molar-refractivity contribution >= 4 is 17.5 Å². The zero-order valence-electron chi connectivity index (χ0n) is 9.64. The molecule has 0 saturated heterocycles. The van der Waals surface area contributed by atoms with E-state index in [4.69, 9.17) is 17.3 Å². The highest BCUT2D eigenvalue weighted by atomic mass is 35.5. The van der Waals surface area contributed by atoms with Crippen molar-refractivity contribution in [2.45, 2.75) is 6.54 Å². The van der Waals surface area contributed by atoms with Gasteiger partial charge in [0.2, 0.25) is 5.91 Å². The van der Waals surface area contributed by atoms with Crippen LogP contribution in [0.5, 0.6) is 0 Å². The molecular weight excluding hydrogens is 273 g/mol. The van der Waals surface area contributed by atoms with E-state index in [1.54, 1.807) is 0 Å². The largest absolute Gasteiger partial charge is 0.366 e. The first-order valence-corrected chi connectivity index (χ1v) is 5.66. The molecule has 7 heteroatoms. The molecule has 0 atom stereocenters. The number of primary amides is 1. The van der Waals surface area contributed by atoms with Crippen LogP contribution < -0.4 is 11.3 Å². The first-order valence-electron chi connectivity index (χ1n) is 5.28. The van der Waals surface area contributed by atoms with E-state index in [0.717, 1.165) is 6.07 Å². The molecule has 0 bridgehead atoms. The molecule has 0 aliphatic heterocycles. The number of nitrogens with zero attached hydrogens (tertiary/aromatic N) is 2. The molecule has 98 valence electrons. The molecular formula is C12H9ClFN3O2. The third kappa shape index (κ3) is 2.79. The van der Waals surface area contributed by atoms with Gasteiger partial charge in [0.15, 0.2) is 5.15 Å². The van der Waals surface area contributed by atoms with Gasteiger partial charge in [0, 0.05) is 23.5 Å². The van der Waals surface area contributed by atoms with Gasteiger partial charge in [0.1, 0.15) is 5.82 Å². The summed E-state index contributed by atoms with van der Waals surface area (Å²) >= 11 is 5.59. The fourth-order valence-electron chi connectivity index (χ4n) is 1.58. The van der Waals surface area contributed by atoms with Gasteiger partial charge in [-0.1, -0.05) is 11.6 Å². The number of amides is 1. The van der Waals surface area contributed by atoms with E-state index in [1.807, 2.05) is 0 Å². The summed E-state index contributed by atoms with van der Waals surface area (Å²) in [6, 6.07) is 3.71. The zero-order chi connectivity index (χ0) is 14.0.